The van der Waals surface area contributed by atoms with Crippen molar-refractivity contribution in [3.05, 3.63) is 35.4 Å². The normalized spacial score (nSPS) is 14.2. The molecule has 5 nitrogen and oxygen atoms in total. The third kappa shape index (κ3) is 6.20. The van der Waals surface area contributed by atoms with Crippen molar-refractivity contribution < 1.29 is 19.4 Å². The van der Waals surface area contributed by atoms with E-state index in [-0.39, 0.29) is 13.2 Å². The molecule has 5 heteroatoms. The highest BCUT2D eigenvalue weighted by molar-refractivity contribution is 5.67. The van der Waals surface area contributed by atoms with Crippen LogP contribution in [0.2, 0.25) is 0 Å². The van der Waals surface area contributed by atoms with Crippen LogP contribution >= 0.6 is 0 Å². The number of carbonyl (C=O) groups excluding carboxylic acids is 1. The van der Waals surface area contributed by atoms with E-state index < -0.39 is 17.1 Å². The van der Waals surface area contributed by atoms with Crippen molar-refractivity contribution in [2.45, 2.75) is 45.1 Å². The summed E-state index contributed by atoms with van der Waals surface area (Å²) < 4.78 is 10.5. The van der Waals surface area contributed by atoms with E-state index in [1.807, 2.05) is 52.0 Å². The maximum Gasteiger partial charge on any atom is 0.407 e. The average Bonchev–Trinajstić information content (AvgIpc) is 2.46. The maximum atomic E-state index is 11.9. The molecule has 0 radical (unpaired) electrons. The van der Waals surface area contributed by atoms with Crippen LogP contribution in [0.15, 0.2) is 24.3 Å². The molecular weight excluding hydrogens is 294 g/mol. The third-order valence-electron chi connectivity index (χ3n) is 3.69. The van der Waals surface area contributed by atoms with Crippen LogP contribution in [-0.2, 0) is 14.9 Å². The lowest BCUT2D eigenvalue weighted by Gasteiger charge is -2.33. The Morgan fingerprint density at radius 1 is 1.30 bits per heavy atom. The van der Waals surface area contributed by atoms with Crippen LogP contribution in [0.25, 0.3) is 0 Å². The summed E-state index contributed by atoms with van der Waals surface area (Å²) in [5.41, 5.74) is 0.934. The quantitative estimate of drug-likeness (QED) is 0.809. The number of aliphatic hydroxyl groups excluding tert-OH is 1. The van der Waals surface area contributed by atoms with Crippen molar-refractivity contribution in [3.8, 4) is 0 Å². The van der Waals surface area contributed by atoms with Gasteiger partial charge in [-0.25, -0.2) is 4.79 Å². The second-order valence-corrected chi connectivity index (χ2v) is 6.91. The van der Waals surface area contributed by atoms with Crippen molar-refractivity contribution in [2.75, 3.05) is 26.9 Å². The molecule has 0 bridgehead atoms. The predicted octanol–water partition coefficient (Wildman–Crippen LogP) is 2.79. The molecule has 2 N–H and O–H groups in total. The molecule has 0 aliphatic carbocycles. The molecule has 23 heavy (non-hydrogen) atoms. The van der Waals surface area contributed by atoms with Gasteiger partial charge in [0.15, 0.2) is 0 Å². The van der Waals surface area contributed by atoms with Crippen LogP contribution in [0.4, 0.5) is 4.79 Å². The predicted molar refractivity (Wildman–Crippen MR) is 90.7 cm³/mol. The number of hydrogen-bond acceptors (Lipinski definition) is 4. The van der Waals surface area contributed by atoms with Gasteiger partial charge in [0.2, 0.25) is 0 Å². The highest BCUT2D eigenvalue weighted by atomic mass is 16.6. The van der Waals surface area contributed by atoms with Crippen LogP contribution in [0, 0.1) is 6.92 Å². The largest absolute Gasteiger partial charge is 0.444 e. The van der Waals surface area contributed by atoms with E-state index in [2.05, 4.69) is 5.32 Å². The van der Waals surface area contributed by atoms with Crippen molar-refractivity contribution in [1.29, 1.82) is 0 Å². The van der Waals surface area contributed by atoms with Gasteiger partial charge >= 0.3 is 6.09 Å². The van der Waals surface area contributed by atoms with E-state index in [0.29, 0.717) is 13.0 Å². The molecule has 0 saturated heterocycles. The number of benzene rings is 1. The summed E-state index contributed by atoms with van der Waals surface area (Å²) >= 11 is 0. The lowest BCUT2D eigenvalue weighted by Crippen LogP contribution is -2.45. The lowest BCUT2D eigenvalue weighted by molar-refractivity contribution is 0.0489. The van der Waals surface area contributed by atoms with Gasteiger partial charge in [0, 0.05) is 25.7 Å². The number of carbonyl (C=O) groups is 1. The molecule has 1 unspecified atom stereocenters. The third-order valence-corrected chi connectivity index (χ3v) is 3.69. The number of nitrogens with one attached hydrogen (secondary N) is 1. The van der Waals surface area contributed by atoms with Gasteiger partial charge in [-0.2, -0.15) is 0 Å². The Labute approximate surface area is 139 Å². The van der Waals surface area contributed by atoms with Crippen molar-refractivity contribution >= 4 is 6.09 Å². The van der Waals surface area contributed by atoms with Gasteiger partial charge in [-0.15, -0.1) is 0 Å². The topological polar surface area (TPSA) is 67.8 Å². The Morgan fingerprint density at radius 2 is 2.00 bits per heavy atom. The van der Waals surface area contributed by atoms with E-state index in [1.165, 1.54) is 0 Å². The van der Waals surface area contributed by atoms with E-state index in [9.17, 15) is 9.90 Å². The number of hydrogen-bond donors (Lipinski definition) is 2. The Hall–Kier alpha value is -1.59. The Balaban J connectivity index is 2.93. The highest BCUT2D eigenvalue weighted by Gasteiger charge is 2.32. The molecule has 0 saturated carbocycles. The minimum absolute atomic E-state index is 0.0877. The summed E-state index contributed by atoms with van der Waals surface area (Å²) in [4.78, 5) is 11.9. The van der Waals surface area contributed by atoms with Gasteiger partial charge in [0.05, 0.1) is 6.61 Å². The molecule has 0 aliphatic heterocycles. The second kappa shape index (κ2) is 8.31. The average molecular weight is 323 g/mol. The molecule has 130 valence electrons. The zero-order valence-corrected chi connectivity index (χ0v) is 14.8. The molecule has 0 fully saturated rings. The summed E-state index contributed by atoms with van der Waals surface area (Å²) in [5.74, 6) is 0. The molecule has 0 aliphatic rings. The SMILES string of the molecule is COCCC(CO)(CNC(=O)OC(C)(C)C)c1cccc(C)c1. The fourth-order valence-electron chi connectivity index (χ4n) is 2.39. The Morgan fingerprint density at radius 3 is 2.52 bits per heavy atom. The fourth-order valence-corrected chi connectivity index (χ4v) is 2.39. The summed E-state index contributed by atoms with van der Waals surface area (Å²) in [5, 5.41) is 12.8. The van der Waals surface area contributed by atoms with Crippen LogP contribution in [0.3, 0.4) is 0 Å². The second-order valence-electron chi connectivity index (χ2n) is 6.91. The molecule has 1 aromatic carbocycles. The summed E-state index contributed by atoms with van der Waals surface area (Å²) in [7, 11) is 1.62. The number of aryl methyl sites for hydroxylation is 1. The van der Waals surface area contributed by atoms with Gasteiger partial charge < -0.3 is 19.9 Å². The van der Waals surface area contributed by atoms with Crippen molar-refractivity contribution in [2.24, 2.45) is 0 Å². The van der Waals surface area contributed by atoms with Gasteiger partial charge in [-0.1, -0.05) is 29.8 Å². The van der Waals surface area contributed by atoms with E-state index in [0.717, 1.165) is 11.1 Å². The van der Waals surface area contributed by atoms with E-state index >= 15 is 0 Å². The van der Waals surface area contributed by atoms with Gasteiger partial charge in [-0.05, 0) is 39.7 Å². The molecule has 1 atom stereocenters. The summed E-state index contributed by atoms with van der Waals surface area (Å²) in [6.07, 6.45) is 0.111. The van der Waals surface area contributed by atoms with E-state index in [1.54, 1.807) is 7.11 Å². The van der Waals surface area contributed by atoms with Gasteiger partial charge in [0.25, 0.3) is 0 Å². The molecule has 1 aromatic rings. The first-order valence-corrected chi connectivity index (χ1v) is 7.86. The molecule has 0 spiro atoms. The van der Waals surface area contributed by atoms with Crippen LogP contribution in [0.1, 0.15) is 38.3 Å². The summed E-state index contributed by atoms with van der Waals surface area (Å²) in [6, 6.07) is 7.96. The summed E-state index contributed by atoms with van der Waals surface area (Å²) in [6.45, 7) is 8.14. The number of amides is 1. The van der Waals surface area contributed by atoms with Gasteiger partial charge in [-0.3, -0.25) is 0 Å². The highest BCUT2D eigenvalue weighted by Crippen LogP contribution is 2.28. The van der Waals surface area contributed by atoms with Crippen LogP contribution in [-0.4, -0.2) is 43.7 Å². The monoisotopic (exact) mass is 323 g/mol. The number of ether oxygens (including phenoxy) is 2. The zero-order chi connectivity index (χ0) is 17.5. The minimum atomic E-state index is -0.598. The Bertz CT molecular complexity index is 510. The number of aliphatic hydroxyl groups is 1. The first kappa shape index (κ1) is 19.5. The molecule has 1 rings (SSSR count). The number of methoxy groups -OCH3 is 1. The van der Waals surface area contributed by atoms with Crippen molar-refractivity contribution in [3.63, 3.8) is 0 Å². The van der Waals surface area contributed by atoms with E-state index in [4.69, 9.17) is 9.47 Å². The van der Waals surface area contributed by atoms with Gasteiger partial charge in [0.1, 0.15) is 5.60 Å². The first-order chi connectivity index (χ1) is 10.7. The lowest BCUT2D eigenvalue weighted by atomic mass is 9.78. The zero-order valence-electron chi connectivity index (χ0n) is 14.8. The number of rotatable bonds is 7. The Kier molecular flexibility index (Phi) is 7.03. The molecule has 1 amide bonds. The first-order valence-electron chi connectivity index (χ1n) is 7.86. The fraction of sp³-hybridized carbons (Fsp3) is 0.611. The standard InChI is InChI=1S/C18H29NO4/c1-14-7-6-8-15(11-14)18(13-20,9-10-22-5)12-19-16(21)23-17(2,3)4/h6-8,11,20H,9-10,12-13H2,1-5H3,(H,19,21). The molecular formula is C18H29NO4. The smallest absolute Gasteiger partial charge is 0.407 e. The van der Waals surface area contributed by atoms with Crippen molar-refractivity contribution in [1.82, 2.24) is 5.32 Å². The van der Waals surface area contributed by atoms with Crippen LogP contribution in [0.5, 0.6) is 0 Å². The molecule has 0 heterocycles. The molecule has 0 aromatic heterocycles. The van der Waals surface area contributed by atoms with Crippen LogP contribution < -0.4 is 5.32 Å². The number of alkyl carbamates (subject to hydrolysis) is 1. The minimum Gasteiger partial charge on any atom is -0.444 e. The maximum absolute atomic E-state index is 11.9.